The fraction of sp³-hybridized carbons (Fsp3) is 0.600. The number of ether oxygens (including phenoxy) is 1. The average molecular weight is 347 g/mol. The van der Waals surface area contributed by atoms with Crippen LogP contribution in [0.1, 0.15) is 44.6 Å². The number of carbonyl (C=O) groups is 2. The fourth-order valence-corrected chi connectivity index (χ4v) is 3.81. The number of aliphatic carboxylic acids is 1. The Balaban J connectivity index is 1.95. The smallest absolute Gasteiger partial charge is 0.305 e. The highest BCUT2D eigenvalue weighted by molar-refractivity contribution is 5.69. The maximum absolute atomic E-state index is 11.6. The third kappa shape index (κ3) is 6.16. The van der Waals surface area contributed by atoms with Crippen molar-refractivity contribution < 1.29 is 19.4 Å². The Bertz CT molecular complexity index is 560. The van der Waals surface area contributed by atoms with Gasteiger partial charge >= 0.3 is 11.9 Å². The highest BCUT2D eigenvalue weighted by atomic mass is 16.5. The molecule has 4 unspecified atom stereocenters. The summed E-state index contributed by atoms with van der Waals surface area (Å²) < 4.78 is 4.80. The van der Waals surface area contributed by atoms with Crippen molar-refractivity contribution in [2.45, 2.75) is 57.5 Å². The molecule has 0 saturated heterocycles. The SMILES string of the molecule is COC(=O)CC1CCC(NC(CCC(=O)O)Cc2ccccc2)C1C. The maximum atomic E-state index is 11.6. The number of rotatable bonds is 9. The van der Waals surface area contributed by atoms with E-state index in [4.69, 9.17) is 9.84 Å². The van der Waals surface area contributed by atoms with Crippen LogP contribution in [0.5, 0.6) is 0 Å². The Kier molecular flexibility index (Phi) is 7.44. The summed E-state index contributed by atoms with van der Waals surface area (Å²) in [6, 6.07) is 10.6. The topological polar surface area (TPSA) is 75.6 Å². The van der Waals surface area contributed by atoms with Gasteiger partial charge in [-0.25, -0.2) is 0 Å². The van der Waals surface area contributed by atoms with Gasteiger partial charge in [0.25, 0.3) is 0 Å². The van der Waals surface area contributed by atoms with Crippen LogP contribution in [-0.4, -0.2) is 36.2 Å². The number of esters is 1. The second-order valence-electron chi connectivity index (χ2n) is 7.07. The summed E-state index contributed by atoms with van der Waals surface area (Å²) in [7, 11) is 1.43. The van der Waals surface area contributed by atoms with Crippen LogP contribution in [0.15, 0.2) is 30.3 Å². The zero-order valence-electron chi connectivity index (χ0n) is 15.1. The molecule has 1 aliphatic carbocycles. The molecule has 2 rings (SSSR count). The molecule has 138 valence electrons. The lowest BCUT2D eigenvalue weighted by Gasteiger charge is -2.27. The van der Waals surface area contributed by atoms with Gasteiger partial charge < -0.3 is 15.2 Å². The second-order valence-corrected chi connectivity index (χ2v) is 7.07. The van der Waals surface area contributed by atoms with Crippen molar-refractivity contribution in [3.05, 3.63) is 35.9 Å². The fourth-order valence-electron chi connectivity index (χ4n) is 3.81. The van der Waals surface area contributed by atoms with Gasteiger partial charge in [-0.05, 0) is 43.1 Å². The number of carboxylic acid groups (broad SMARTS) is 1. The maximum Gasteiger partial charge on any atom is 0.305 e. The molecule has 25 heavy (non-hydrogen) atoms. The molecular weight excluding hydrogens is 318 g/mol. The van der Waals surface area contributed by atoms with Crippen molar-refractivity contribution in [2.24, 2.45) is 11.8 Å². The van der Waals surface area contributed by atoms with Crippen LogP contribution in [0.4, 0.5) is 0 Å². The highest BCUT2D eigenvalue weighted by Gasteiger charge is 2.35. The summed E-state index contributed by atoms with van der Waals surface area (Å²) in [5.41, 5.74) is 1.21. The molecule has 0 aliphatic heterocycles. The Labute approximate surface area is 149 Å². The van der Waals surface area contributed by atoms with Crippen LogP contribution >= 0.6 is 0 Å². The molecule has 0 spiro atoms. The van der Waals surface area contributed by atoms with Crippen molar-refractivity contribution in [3.63, 3.8) is 0 Å². The van der Waals surface area contributed by atoms with Crippen LogP contribution in [0.2, 0.25) is 0 Å². The van der Waals surface area contributed by atoms with E-state index >= 15 is 0 Å². The first-order chi connectivity index (χ1) is 12.0. The van der Waals surface area contributed by atoms with Crippen molar-refractivity contribution in [1.82, 2.24) is 5.32 Å². The van der Waals surface area contributed by atoms with Crippen LogP contribution < -0.4 is 5.32 Å². The van der Waals surface area contributed by atoms with Gasteiger partial charge in [0.2, 0.25) is 0 Å². The lowest BCUT2D eigenvalue weighted by atomic mass is 9.91. The average Bonchev–Trinajstić information content (AvgIpc) is 2.93. The first kappa shape index (κ1) is 19.4. The predicted molar refractivity (Wildman–Crippen MR) is 96.2 cm³/mol. The van der Waals surface area contributed by atoms with Crippen molar-refractivity contribution >= 4 is 11.9 Å². The standard InChI is InChI=1S/C20H29NO4/c1-14-16(13-20(24)25-2)8-10-18(14)21-17(9-11-19(22)23)12-15-6-4-3-5-7-15/h3-7,14,16-18,21H,8-13H2,1-2H3,(H,22,23). The molecule has 4 atom stereocenters. The molecule has 1 saturated carbocycles. The Morgan fingerprint density at radius 1 is 1.28 bits per heavy atom. The molecule has 0 aromatic heterocycles. The van der Waals surface area contributed by atoms with Gasteiger partial charge in [-0.3, -0.25) is 9.59 Å². The third-order valence-corrected chi connectivity index (χ3v) is 5.36. The minimum absolute atomic E-state index is 0.128. The van der Waals surface area contributed by atoms with Crippen LogP contribution in [-0.2, 0) is 20.7 Å². The molecule has 1 aromatic carbocycles. The number of carbonyl (C=O) groups excluding carboxylic acids is 1. The Morgan fingerprint density at radius 2 is 2.00 bits per heavy atom. The molecule has 0 radical (unpaired) electrons. The van der Waals surface area contributed by atoms with Gasteiger partial charge in [-0.2, -0.15) is 0 Å². The zero-order chi connectivity index (χ0) is 18.2. The van der Waals surface area contributed by atoms with Crippen molar-refractivity contribution in [3.8, 4) is 0 Å². The van der Waals surface area contributed by atoms with Gasteiger partial charge in [0, 0.05) is 24.9 Å². The van der Waals surface area contributed by atoms with Gasteiger partial charge in [0.05, 0.1) is 7.11 Å². The number of nitrogens with one attached hydrogen (secondary N) is 1. The highest BCUT2D eigenvalue weighted by Crippen LogP contribution is 2.35. The molecule has 1 aromatic rings. The molecule has 0 heterocycles. The normalized spacial score (nSPS) is 24.0. The number of carboxylic acids is 1. The van der Waals surface area contributed by atoms with E-state index in [1.165, 1.54) is 12.7 Å². The third-order valence-electron chi connectivity index (χ3n) is 5.36. The molecule has 2 N–H and O–H groups in total. The summed E-state index contributed by atoms with van der Waals surface area (Å²) in [5, 5.41) is 12.7. The minimum atomic E-state index is -0.761. The number of benzene rings is 1. The van der Waals surface area contributed by atoms with E-state index in [-0.39, 0.29) is 18.4 Å². The first-order valence-electron chi connectivity index (χ1n) is 9.08. The molecule has 5 nitrogen and oxygen atoms in total. The van der Waals surface area contributed by atoms with Gasteiger partial charge in [0.1, 0.15) is 0 Å². The lowest BCUT2D eigenvalue weighted by Crippen LogP contribution is -2.42. The van der Waals surface area contributed by atoms with E-state index in [1.54, 1.807) is 0 Å². The minimum Gasteiger partial charge on any atom is -0.481 e. The number of hydrogen-bond acceptors (Lipinski definition) is 4. The summed E-state index contributed by atoms with van der Waals surface area (Å²) in [6.07, 6.45) is 4.08. The summed E-state index contributed by atoms with van der Waals surface area (Å²) in [5.74, 6) is -0.198. The van der Waals surface area contributed by atoms with Gasteiger partial charge in [-0.1, -0.05) is 37.3 Å². The molecule has 1 aliphatic rings. The quantitative estimate of drug-likeness (QED) is 0.672. The van der Waals surface area contributed by atoms with E-state index in [0.717, 1.165) is 19.3 Å². The van der Waals surface area contributed by atoms with E-state index in [9.17, 15) is 9.59 Å². The van der Waals surface area contributed by atoms with Gasteiger partial charge in [0.15, 0.2) is 0 Å². The lowest BCUT2D eigenvalue weighted by molar-refractivity contribution is -0.142. The van der Waals surface area contributed by atoms with Crippen LogP contribution in [0, 0.1) is 11.8 Å². The molecule has 5 heteroatoms. The molecule has 0 bridgehead atoms. The molecular formula is C20H29NO4. The number of hydrogen-bond donors (Lipinski definition) is 2. The summed E-state index contributed by atoms with van der Waals surface area (Å²) in [6.45, 7) is 2.18. The first-order valence-corrected chi connectivity index (χ1v) is 9.08. The van der Waals surface area contributed by atoms with E-state index < -0.39 is 5.97 Å². The second kappa shape index (κ2) is 9.56. The van der Waals surface area contributed by atoms with Crippen LogP contribution in [0.25, 0.3) is 0 Å². The summed E-state index contributed by atoms with van der Waals surface area (Å²) >= 11 is 0. The molecule has 1 fully saturated rings. The summed E-state index contributed by atoms with van der Waals surface area (Å²) in [4.78, 5) is 22.5. The Morgan fingerprint density at radius 3 is 2.64 bits per heavy atom. The Hall–Kier alpha value is -1.88. The van der Waals surface area contributed by atoms with E-state index in [0.29, 0.717) is 30.7 Å². The van der Waals surface area contributed by atoms with E-state index in [2.05, 4.69) is 24.4 Å². The largest absolute Gasteiger partial charge is 0.481 e. The van der Waals surface area contributed by atoms with Crippen LogP contribution in [0.3, 0.4) is 0 Å². The predicted octanol–water partition coefficient (Wildman–Crippen LogP) is 3.03. The molecule has 0 amide bonds. The van der Waals surface area contributed by atoms with Crippen molar-refractivity contribution in [2.75, 3.05) is 7.11 Å². The van der Waals surface area contributed by atoms with Gasteiger partial charge in [-0.15, -0.1) is 0 Å². The monoisotopic (exact) mass is 347 g/mol. The van der Waals surface area contributed by atoms with E-state index in [1.807, 2.05) is 18.2 Å². The van der Waals surface area contributed by atoms with Crippen molar-refractivity contribution in [1.29, 1.82) is 0 Å². The zero-order valence-corrected chi connectivity index (χ0v) is 15.1. The number of methoxy groups -OCH3 is 1.